The predicted molar refractivity (Wildman–Crippen MR) is 59.1 cm³/mol. The van der Waals surface area contributed by atoms with Crippen LogP contribution in [0.3, 0.4) is 0 Å². The zero-order chi connectivity index (χ0) is 9.80. The Morgan fingerprint density at radius 3 is 1.36 bits per heavy atom. The molecule has 0 aliphatic heterocycles. The third-order valence-corrected chi connectivity index (χ3v) is 7.11. The van der Waals surface area contributed by atoms with Gasteiger partial charge in [-0.05, 0) is 0 Å². The molecule has 0 amide bonds. The monoisotopic (exact) mass is 378 g/mol. The fraction of sp³-hybridized carbons (Fsp3) is 0. The molecule has 0 radical (unpaired) electrons. The van der Waals surface area contributed by atoms with Crippen molar-refractivity contribution in [2.45, 2.75) is 0 Å². The van der Waals surface area contributed by atoms with Gasteiger partial charge in [0.1, 0.15) is 0 Å². The van der Waals surface area contributed by atoms with Crippen LogP contribution in [0.5, 0.6) is 0 Å². The standard InChI is InChI=1S/C12H10P.Ir/c1-3-7-11(8-4-1)13-12-9-5-2-6-10-12;/h1-10H;/q-1;+1. The molecule has 2 aromatic rings. The average Bonchev–Trinajstić information content (AvgIpc) is 2.30. The van der Waals surface area contributed by atoms with E-state index < -0.39 is 0 Å². The molecule has 0 nitrogen and oxygen atoms in total. The van der Waals surface area contributed by atoms with E-state index in [-0.39, 0.29) is 6.16 Å². The van der Waals surface area contributed by atoms with E-state index in [0.29, 0.717) is 0 Å². The minimum absolute atomic E-state index is 0.171. The Bertz CT molecular complexity index is 346. The Kier molecular flexibility index (Phi) is 3.48. The van der Waals surface area contributed by atoms with Crippen LogP contribution >= 0.6 is 6.16 Å². The molecule has 2 aromatic carbocycles. The Labute approximate surface area is 95.8 Å². The summed E-state index contributed by atoms with van der Waals surface area (Å²) in [6, 6.07) is 21.4. The van der Waals surface area contributed by atoms with Crippen molar-refractivity contribution in [3.8, 4) is 0 Å². The molecule has 0 aliphatic carbocycles. The molecule has 0 aliphatic rings. The third kappa shape index (κ3) is 2.30. The zero-order valence-electron chi connectivity index (χ0n) is 7.55. The van der Waals surface area contributed by atoms with Gasteiger partial charge in [0.25, 0.3) is 0 Å². The molecule has 0 saturated heterocycles. The minimum atomic E-state index is -0.171. The summed E-state index contributed by atoms with van der Waals surface area (Å²) in [6.07, 6.45) is -0.171. The molecule has 0 spiro atoms. The van der Waals surface area contributed by atoms with Gasteiger partial charge in [-0.2, -0.15) is 0 Å². The van der Waals surface area contributed by atoms with Gasteiger partial charge in [-0.15, -0.1) is 0 Å². The van der Waals surface area contributed by atoms with E-state index in [1.807, 2.05) is 0 Å². The van der Waals surface area contributed by atoms with Gasteiger partial charge in [-0.25, -0.2) is 0 Å². The molecule has 0 unspecified atom stereocenters. The van der Waals surface area contributed by atoms with E-state index in [1.54, 1.807) is 0 Å². The first-order valence-corrected chi connectivity index (χ1v) is 8.82. The summed E-state index contributed by atoms with van der Waals surface area (Å²) in [5.41, 5.74) is 0. The van der Waals surface area contributed by atoms with Crippen molar-refractivity contribution in [1.29, 1.82) is 0 Å². The second kappa shape index (κ2) is 4.84. The van der Waals surface area contributed by atoms with Gasteiger partial charge in [-0.3, -0.25) is 0 Å². The summed E-state index contributed by atoms with van der Waals surface area (Å²) in [7, 11) is 0. The van der Waals surface area contributed by atoms with Crippen LogP contribution in [-0.4, -0.2) is 0 Å². The number of hydrogen-bond acceptors (Lipinski definition) is 0. The van der Waals surface area contributed by atoms with Crippen molar-refractivity contribution < 1.29 is 18.4 Å². The van der Waals surface area contributed by atoms with Gasteiger partial charge < -0.3 is 0 Å². The van der Waals surface area contributed by atoms with Crippen LogP contribution in [0.2, 0.25) is 0 Å². The van der Waals surface area contributed by atoms with Crippen LogP contribution in [0.25, 0.3) is 0 Å². The molecule has 14 heavy (non-hydrogen) atoms. The fourth-order valence-electron chi connectivity index (χ4n) is 1.25. The van der Waals surface area contributed by atoms with E-state index in [9.17, 15) is 0 Å². The van der Waals surface area contributed by atoms with E-state index in [0.717, 1.165) is 0 Å². The average molecular weight is 377 g/mol. The van der Waals surface area contributed by atoms with Crippen LogP contribution in [0.15, 0.2) is 60.7 Å². The van der Waals surface area contributed by atoms with Crippen molar-refractivity contribution in [2.24, 2.45) is 0 Å². The molecule has 0 heterocycles. The van der Waals surface area contributed by atoms with Gasteiger partial charge in [-0.1, -0.05) is 0 Å². The van der Waals surface area contributed by atoms with Crippen LogP contribution in [0.4, 0.5) is 0 Å². The van der Waals surface area contributed by atoms with Crippen LogP contribution in [0, 0.1) is 0 Å². The summed E-state index contributed by atoms with van der Waals surface area (Å²) in [4.78, 5) is 0. The molecule has 72 valence electrons. The number of rotatable bonds is 2. The summed E-state index contributed by atoms with van der Waals surface area (Å²) in [6.45, 7) is 0. The van der Waals surface area contributed by atoms with Gasteiger partial charge in [0.2, 0.25) is 0 Å². The molecule has 0 atom stereocenters. The van der Waals surface area contributed by atoms with E-state index in [1.165, 1.54) is 10.6 Å². The topological polar surface area (TPSA) is 0 Å². The Morgan fingerprint density at radius 2 is 1.00 bits per heavy atom. The Hall–Kier alpha value is -0.481. The Morgan fingerprint density at radius 1 is 0.643 bits per heavy atom. The summed E-state index contributed by atoms with van der Waals surface area (Å²) >= 11 is 2.31. The first-order chi connectivity index (χ1) is 6.88. The van der Waals surface area contributed by atoms with Crippen molar-refractivity contribution in [3.63, 3.8) is 0 Å². The molecular weight excluding hydrogens is 367 g/mol. The summed E-state index contributed by atoms with van der Waals surface area (Å²) in [5.74, 6) is 0. The second-order valence-electron chi connectivity index (χ2n) is 2.93. The molecule has 0 aromatic heterocycles. The number of hydrogen-bond donors (Lipinski definition) is 0. The summed E-state index contributed by atoms with van der Waals surface area (Å²) < 4.78 is 0. The maximum atomic E-state index is 2.31. The van der Waals surface area contributed by atoms with E-state index in [2.05, 4.69) is 79.1 Å². The van der Waals surface area contributed by atoms with E-state index >= 15 is 0 Å². The number of benzene rings is 2. The van der Waals surface area contributed by atoms with Gasteiger partial charge in [0.05, 0.1) is 0 Å². The maximum absolute atomic E-state index is 2.31. The molecular formula is C12H10IrP. The van der Waals surface area contributed by atoms with Crippen molar-refractivity contribution in [1.82, 2.24) is 0 Å². The fourth-order valence-corrected chi connectivity index (χ4v) is 4.54. The molecule has 0 N–H and O–H groups in total. The van der Waals surface area contributed by atoms with E-state index in [4.69, 9.17) is 0 Å². The predicted octanol–water partition coefficient (Wildman–Crippen LogP) is 2.58. The van der Waals surface area contributed by atoms with Crippen molar-refractivity contribution >= 4 is 16.8 Å². The quantitative estimate of drug-likeness (QED) is 0.706. The van der Waals surface area contributed by atoms with Crippen LogP contribution < -0.4 is 10.6 Å². The van der Waals surface area contributed by atoms with Crippen LogP contribution in [-0.2, 0) is 18.4 Å². The molecule has 2 heteroatoms. The van der Waals surface area contributed by atoms with Gasteiger partial charge in [0.15, 0.2) is 0 Å². The molecule has 0 fully saturated rings. The zero-order valence-corrected chi connectivity index (χ0v) is 10.8. The summed E-state index contributed by atoms with van der Waals surface area (Å²) in [5, 5.41) is 2.88. The second-order valence-corrected chi connectivity index (χ2v) is 7.70. The Balaban J connectivity index is 2.30. The first-order valence-electron chi connectivity index (χ1n) is 4.42. The normalized spacial score (nSPS) is 10.5. The van der Waals surface area contributed by atoms with Gasteiger partial charge >= 0.3 is 95.8 Å². The molecule has 2 rings (SSSR count). The SMILES string of the molecule is [Ir][P](c1ccccc1)c1ccccc1. The molecule has 0 bridgehead atoms. The van der Waals surface area contributed by atoms with Crippen molar-refractivity contribution in [3.05, 3.63) is 60.7 Å². The molecule has 0 saturated carbocycles. The van der Waals surface area contributed by atoms with Gasteiger partial charge in [0, 0.05) is 0 Å². The van der Waals surface area contributed by atoms with Crippen molar-refractivity contribution in [2.75, 3.05) is 0 Å². The third-order valence-electron chi connectivity index (χ3n) is 1.94. The first kappa shape index (κ1) is 10.1. The van der Waals surface area contributed by atoms with Crippen LogP contribution in [0.1, 0.15) is 0 Å².